The Morgan fingerprint density at radius 2 is 1.83 bits per heavy atom. The number of nitrogens with two attached hydrogens (primary N) is 1. The summed E-state index contributed by atoms with van der Waals surface area (Å²) in [7, 11) is 0. The van der Waals surface area contributed by atoms with Crippen LogP contribution in [0.4, 0.5) is 16.5 Å². The first kappa shape index (κ1) is 24.6. The SMILES string of the molecule is NN(C(=O)CSC1Nc2ccccc2C(=O)N1c1ccc(Cl)c(Cl)c1)c1nc(-c2ccccc2)cs1. The molecule has 1 unspecified atom stereocenters. The van der Waals surface area contributed by atoms with Gasteiger partial charge in [0.1, 0.15) is 0 Å². The van der Waals surface area contributed by atoms with Crippen molar-refractivity contribution in [1.29, 1.82) is 0 Å². The molecule has 1 aliphatic rings. The molecule has 0 saturated heterocycles. The maximum Gasteiger partial charge on any atom is 0.262 e. The van der Waals surface area contributed by atoms with Crippen LogP contribution in [-0.4, -0.2) is 28.0 Å². The Kier molecular flexibility index (Phi) is 7.17. The predicted octanol–water partition coefficient (Wildman–Crippen LogP) is 6.11. The zero-order chi connectivity index (χ0) is 25.2. The Bertz CT molecular complexity index is 1430. The van der Waals surface area contributed by atoms with Crippen molar-refractivity contribution in [1.82, 2.24) is 4.98 Å². The number of carbonyl (C=O) groups excluding carboxylic acids is 2. The number of thioether (sulfide) groups is 1. The van der Waals surface area contributed by atoms with Gasteiger partial charge in [0.15, 0.2) is 5.50 Å². The fourth-order valence-electron chi connectivity index (χ4n) is 3.68. The largest absolute Gasteiger partial charge is 0.356 e. The second kappa shape index (κ2) is 10.5. The van der Waals surface area contributed by atoms with Gasteiger partial charge in [-0.2, -0.15) is 0 Å². The molecule has 182 valence electrons. The van der Waals surface area contributed by atoms with Crippen LogP contribution < -0.4 is 21.1 Å². The number of nitrogens with one attached hydrogen (secondary N) is 1. The van der Waals surface area contributed by atoms with Crippen molar-refractivity contribution in [3.63, 3.8) is 0 Å². The average Bonchev–Trinajstić information content (AvgIpc) is 3.40. The Morgan fingerprint density at radius 3 is 2.61 bits per heavy atom. The first-order chi connectivity index (χ1) is 17.4. The number of hydrogen-bond acceptors (Lipinski definition) is 7. The van der Waals surface area contributed by atoms with Crippen LogP contribution in [0.15, 0.2) is 78.2 Å². The van der Waals surface area contributed by atoms with Gasteiger partial charge in [-0.3, -0.25) is 14.5 Å². The van der Waals surface area contributed by atoms with E-state index in [-0.39, 0.29) is 17.6 Å². The van der Waals surface area contributed by atoms with Crippen LogP contribution in [0.1, 0.15) is 10.4 Å². The number of hydrazine groups is 1. The van der Waals surface area contributed by atoms with Crippen molar-refractivity contribution in [3.8, 4) is 11.3 Å². The zero-order valence-electron chi connectivity index (χ0n) is 18.6. The molecule has 5 rings (SSSR count). The molecule has 3 N–H and O–H groups in total. The number of fused-ring (bicyclic) bond motifs is 1. The highest BCUT2D eigenvalue weighted by Gasteiger charge is 2.34. The summed E-state index contributed by atoms with van der Waals surface area (Å²) < 4.78 is 0. The topological polar surface area (TPSA) is 91.6 Å². The number of carbonyl (C=O) groups is 2. The van der Waals surface area contributed by atoms with Gasteiger partial charge < -0.3 is 5.32 Å². The van der Waals surface area contributed by atoms with Gasteiger partial charge in [0, 0.05) is 22.3 Å². The molecular formula is C25H19Cl2N5O2S2. The fourth-order valence-corrected chi connectivity index (χ4v) is 5.76. The van der Waals surface area contributed by atoms with Crippen molar-refractivity contribution in [2.45, 2.75) is 5.50 Å². The molecule has 2 heterocycles. The highest BCUT2D eigenvalue weighted by Crippen LogP contribution is 2.36. The number of anilines is 3. The van der Waals surface area contributed by atoms with Gasteiger partial charge in [0.2, 0.25) is 5.13 Å². The Hall–Kier alpha value is -3.08. The summed E-state index contributed by atoms with van der Waals surface area (Å²) >= 11 is 14.8. The zero-order valence-corrected chi connectivity index (χ0v) is 21.7. The Labute approximate surface area is 225 Å². The van der Waals surface area contributed by atoms with Crippen molar-refractivity contribution >= 4 is 74.6 Å². The molecule has 0 saturated carbocycles. The van der Waals surface area contributed by atoms with E-state index in [1.165, 1.54) is 23.1 Å². The number of halogens is 2. The van der Waals surface area contributed by atoms with Crippen LogP contribution in [0.5, 0.6) is 0 Å². The summed E-state index contributed by atoms with van der Waals surface area (Å²) in [6.45, 7) is 0. The minimum absolute atomic E-state index is 0.00167. The lowest BCUT2D eigenvalue weighted by atomic mass is 10.1. The number of para-hydroxylation sites is 1. The summed E-state index contributed by atoms with van der Waals surface area (Å²) in [5.74, 6) is 5.55. The highest BCUT2D eigenvalue weighted by atomic mass is 35.5. The molecule has 0 fully saturated rings. The standard InChI is InChI=1S/C25H19Cl2N5O2S2/c26-18-11-10-16(12-19(18)27)31-23(34)17-8-4-5-9-20(17)29-24(31)36-14-22(33)32(28)25-30-21(13-35-25)15-6-2-1-3-7-15/h1-13,24,29H,14,28H2. The van der Waals surface area contributed by atoms with Crippen LogP contribution in [0.3, 0.4) is 0 Å². The summed E-state index contributed by atoms with van der Waals surface area (Å²) in [6, 6.07) is 21.8. The molecule has 36 heavy (non-hydrogen) atoms. The van der Waals surface area contributed by atoms with E-state index in [2.05, 4.69) is 10.3 Å². The second-order valence-electron chi connectivity index (χ2n) is 7.77. The molecule has 2 amide bonds. The number of nitrogens with zero attached hydrogens (tertiary/aromatic N) is 3. The summed E-state index contributed by atoms with van der Waals surface area (Å²) in [5, 5.41) is 7.34. The summed E-state index contributed by atoms with van der Waals surface area (Å²) in [6.07, 6.45) is 0. The molecule has 1 atom stereocenters. The number of rotatable bonds is 6. The van der Waals surface area contributed by atoms with E-state index in [9.17, 15) is 9.59 Å². The third kappa shape index (κ3) is 4.93. The molecule has 0 bridgehead atoms. The highest BCUT2D eigenvalue weighted by molar-refractivity contribution is 8.00. The van der Waals surface area contributed by atoms with E-state index < -0.39 is 5.50 Å². The van der Waals surface area contributed by atoms with Gasteiger partial charge in [0.05, 0.1) is 27.1 Å². The van der Waals surface area contributed by atoms with Gasteiger partial charge in [-0.1, -0.05) is 65.7 Å². The average molecular weight is 557 g/mol. The third-order valence-electron chi connectivity index (χ3n) is 5.47. The van der Waals surface area contributed by atoms with E-state index >= 15 is 0 Å². The summed E-state index contributed by atoms with van der Waals surface area (Å²) in [5.41, 5.74) is 2.85. The number of benzene rings is 3. The molecule has 0 radical (unpaired) electrons. The Balaban J connectivity index is 1.35. The molecule has 1 aromatic heterocycles. The quantitative estimate of drug-likeness (QED) is 0.169. The monoisotopic (exact) mass is 555 g/mol. The van der Waals surface area contributed by atoms with Gasteiger partial charge in [-0.15, -0.1) is 23.1 Å². The van der Waals surface area contributed by atoms with Crippen molar-refractivity contribution in [2.75, 3.05) is 21.0 Å². The smallest absolute Gasteiger partial charge is 0.262 e. The molecule has 0 aliphatic carbocycles. The molecule has 0 spiro atoms. The fraction of sp³-hybridized carbons (Fsp3) is 0.0800. The molecule has 11 heteroatoms. The minimum Gasteiger partial charge on any atom is -0.356 e. The van der Waals surface area contributed by atoms with E-state index in [0.717, 1.165) is 16.3 Å². The lowest BCUT2D eigenvalue weighted by molar-refractivity contribution is -0.116. The van der Waals surface area contributed by atoms with Crippen molar-refractivity contribution in [2.24, 2.45) is 5.84 Å². The number of aromatic nitrogens is 1. The van der Waals surface area contributed by atoms with E-state index in [1.54, 1.807) is 35.2 Å². The van der Waals surface area contributed by atoms with Gasteiger partial charge in [-0.05, 0) is 30.3 Å². The van der Waals surface area contributed by atoms with Gasteiger partial charge >= 0.3 is 0 Å². The predicted molar refractivity (Wildman–Crippen MR) is 149 cm³/mol. The summed E-state index contributed by atoms with van der Waals surface area (Å²) in [4.78, 5) is 32.5. The van der Waals surface area contributed by atoms with Crippen LogP contribution >= 0.6 is 46.3 Å². The van der Waals surface area contributed by atoms with Gasteiger partial charge in [-0.25, -0.2) is 15.8 Å². The lowest BCUT2D eigenvalue weighted by Gasteiger charge is -2.37. The molecular weight excluding hydrogens is 537 g/mol. The lowest BCUT2D eigenvalue weighted by Crippen LogP contribution is -2.48. The Morgan fingerprint density at radius 1 is 1.08 bits per heavy atom. The van der Waals surface area contributed by atoms with Crippen molar-refractivity contribution < 1.29 is 9.59 Å². The third-order valence-corrected chi connectivity index (χ3v) is 8.11. The number of hydrogen-bond donors (Lipinski definition) is 2. The maximum atomic E-state index is 13.4. The maximum absolute atomic E-state index is 13.4. The van der Waals surface area contributed by atoms with Crippen molar-refractivity contribution in [3.05, 3.63) is 93.8 Å². The van der Waals surface area contributed by atoms with E-state index in [0.29, 0.717) is 32.1 Å². The van der Waals surface area contributed by atoms with Crippen LogP contribution in [-0.2, 0) is 4.79 Å². The van der Waals surface area contributed by atoms with E-state index in [1.807, 2.05) is 47.8 Å². The molecule has 4 aromatic rings. The van der Waals surface area contributed by atoms with Crippen LogP contribution in [0.25, 0.3) is 11.3 Å². The van der Waals surface area contributed by atoms with E-state index in [4.69, 9.17) is 29.0 Å². The normalized spacial score (nSPS) is 14.8. The first-order valence-corrected chi connectivity index (χ1v) is 13.4. The number of amides is 2. The molecule has 3 aromatic carbocycles. The van der Waals surface area contributed by atoms with Gasteiger partial charge in [0.25, 0.3) is 11.8 Å². The molecule has 1 aliphatic heterocycles. The minimum atomic E-state index is -0.585. The van der Waals surface area contributed by atoms with Crippen LogP contribution in [0, 0.1) is 0 Å². The second-order valence-corrected chi connectivity index (χ2v) is 10.5. The molecule has 7 nitrogen and oxygen atoms in total. The first-order valence-electron chi connectivity index (χ1n) is 10.8. The number of thiazole rings is 1. The van der Waals surface area contributed by atoms with Crippen LogP contribution in [0.2, 0.25) is 10.0 Å².